The molecule has 0 aromatic heterocycles. The van der Waals surface area contributed by atoms with Gasteiger partial charge in [0.25, 0.3) is 5.69 Å². The Kier molecular flexibility index (Phi) is 5.24. The van der Waals surface area contributed by atoms with Crippen molar-refractivity contribution in [2.45, 2.75) is 31.0 Å². The Morgan fingerprint density at radius 1 is 1.53 bits per heavy atom. The van der Waals surface area contributed by atoms with E-state index < -0.39 is 11.0 Å². The van der Waals surface area contributed by atoms with Gasteiger partial charge in [-0.15, -0.1) is 0 Å². The van der Waals surface area contributed by atoms with Crippen molar-refractivity contribution < 1.29 is 10.0 Å². The van der Waals surface area contributed by atoms with Gasteiger partial charge in [-0.05, 0) is 19.1 Å². The second-order valence-electron chi connectivity index (χ2n) is 3.79. The van der Waals surface area contributed by atoms with Gasteiger partial charge in [-0.3, -0.25) is 10.1 Å². The van der Waals surface area contributed by atoms with Crippen LogP contribution >= 0.6 is 23.4 Å². The molecule has 0 saturated carbocycles. The van der Waals surface area contributed by atoms with Crippen LogP contribution in [0.1, 0.15) is 19.4 Å². The van der Waals surface area contributed by atoms with E-state index in [9.17, 15) is 15.2 Å². The smallest absolute Gasteiger partial charge is 0.274 e. The highest BCUT2D eigenvalue weighted by Gasteiger charge is 2.16. The van der Waals surface area contributed by atoms with E-state index in [1.807, 2.05) is 6.92 Å². The summed E-state index contributed by atoms with van der Waals surface area (Å²) in [5.74, 6) is 0.486. The van der Waals surface area contributed by atoms with Gasteiger partial charge in [0.1, 0.15) is 0 Å². The zero-order chi connectivity index (χ0) is 13.0. The molecule has 0 radical (unpaired) electrons. The van der Waals surface area contributed by atoms with Crippen LogP contribution < -0.4 is 0 Å². The summed E-state index contributed by atoms with van der Waals surface area (Å²) in [5, 5.41) is 20.6. The average Bonchev–Trinajstić information content (AvgIpc) is 2.26. The minimum Gasteiger partial charge on any atom is -0.392 e. The van der Waals surface area contributed by atoms with Crippen molar-refractivity contribution in [3.8, 4) is 0 Å². The summed E-state index contributed by atoms with van der Waals surface area (Å²) in [6.45, 7) is 3.59. The Morgan fingerprint density at radius 2 is 2.18 bits per heavy atom. The van der Waals surface area contributed by atoms with Crippen molar-refractivity contribution in [3.63, 3.8) is 0 Å². The third-order valence-electron chi connectivity index (χ3n) is 2.43. The zero-order valence-electron chi connectivity index (χ0n) is 9.59. The standard InChI is InChI=1S/C11H14ClNO3S/c1-7(14)8(2)17-6-9-3-4-10(12)5-11(9)13(15)16/h3-5,7-8,14H,6H2,1-2H3. The molecule has 0 saturated heterocycles. The van der Waals surface area contributed by atoms with Gasteiger partial charge >= 0.3 is 0 Å². The summed E-state index contributed by atoms with van der Waals surface area (Å²) in [6.07, 6.45) is -0.439. The van der Waals surface area contributed by atoms with Crippen molar-refractivity contribution >= 4 is 29.1 Å². The Morgan fingerprint density at radius 3 is 2.71 bits per heavy atom. The number of nitro groups is 1. The Labute approximate surface area is 109 Å². The molecule has 6 heteroatoms. The quantitative estimate of drug-likeness (QED) is 0.662. The first kappa shape index (κ1) is 14.3. The second kappa shape index (κ2) is 6.23. The maximum Gasteiger partial charge on any atom is 0.274 e. The van der Waals surface area contributed by atoms with Gasteiger partial charge in [0.2, 0.25) is 0 Å². The SMILES string of the molecule is CC(O)C(C)SCc1ccc(Cl)cc1[N+](=O)[O-]. The first-order valence-electron chi connectivity index (χ1n) is 5.14. The van der Waals surface area contributed by atoms with Gasteiger partial charge in [-0.1, -0.05) is 18.5 Å². The van der Waals surface area contributed by atoms with Crippen molar-refractivity contribution in [2.75, 3.05) is 0 Å². The molecular weight excluding hydrogens is 262 g/mol. The summed E-state index contributed by atoms with van der Waals surface area (Å²) in [4.78, 5) is 10.4. The number of nitrogens with zero attached hydrogens (tertiary/aromatic N) is 1. The monoisotopic (exact) mass is 275 g/mol. The normalized spacial score (nSPS) is 14.4. The van der Waals surface area contributed by atoms with Crippen LogP contribution in [0.2, 0.25) is 5.02 Å². The van der Waals surface area contributed by atoms with Gasteiger partial charge in [-0.2, -0.15) is 11.8 Å². The largest absolute Gasteiger partial charge is 0.392 e. The molecule has 4 nitrogen and oxygen atoms in total. The number of rotatable bonds is 5. The third-order valence-corrected chi connectivity index (χ3v) is 4.06. The number of aliphatic hydroxyl groups is 1. The molecule has 0 aliphatic heterocycles. The van der Waals surface area contributed by atoms with E-state index in [-0.39, 0.29) is 10.9 Å². The number of hydrogen-bond donors (Lipinski definition) is 1. The molecule has 1 aromatic rings. The molecule has 0 fully saturated rings. The highest BCUT2D eigenvalue weighted by molar-refractivity contribution is 7.99. The molecule has 0 aliphatic carbocycles. The molecule has 1 rings (SSSR count). The predicted molar refractivity (Wildman–Crippen MR) is 70.5 cm³/mol. The summed E-state index contributed by atoms with van der Waals surface area (Å²) >= 11 is 7.20. The number of hydrogen-bond acceptors (Lipinski definition) is 4. The van der Waals surface area contributed by atoms with Gasteiger partial charge in [0.05, 0.1) is 11.0 Å². The van der Waals surface area contributed by atoms with Crippen LogP contribution in [0, 0.1) is 10.1 Å². The fourth-order valence-electron chi connectivity index (χ4n) is 1.19. The third kappa shape index (κ3) is 4.18. The minimum atomic E-state index is -0.439. The van der Waals surface area contributed by atoms with Crippen LogP contribution in [0.5, 0.6) is 0 Å². The van der Waals surface area contributed by atoms with Gasteiger partial charge in [0, 0.05) is 27.7 Å². The Hall–Kier alpha value is -0.780. The van der Waals surface area contributed by atoms with E-state index in [1.54, 1.807) is 19.1 Å². The van der Waals surface area contributed by atoms with Crippen LogP contribution in [0.15, 0.2) is 18.2 Å². The second-order valence-corrected chi connectivity index (χ2v) is 5.59. The van der Waals surface area contributed by atoms with E-state index in [1.165, 1.54) is 17.8 Å². The number of benzene rings is 1. The summed E-state index contributed by atoms with van der Waals surface area (Å²) in [7, 11) is 0. The van der Waals surface area contributed by atoms with E-state index >= 15 is 0 Å². The molecule has 2 unspecified atom stereocenters. The average molecular weight is 276 g/mol. The lowest BCUT2D eigenvalue weighted by atomic mass is 10.2. The van der Waals surface area contributed by atoms with Gasteiger partial charge in [-0.25, -0.2) is 0 Å². The Balaban J connectivity index is 2.80. The van der Waals surface area contributed by atoms with Crippen LogP contribution in [-0.4, -0.2) is 21.4 Å². The molecular formula is C11H14ClNO3S. The molecule has 2 atom stereocenters. The van der Waals surface area contributed by atoms with Crippen molar-refractivity contribution in [1.29, 1.82) is 0 Å². The van der Waals surface area contributed by atoms with E-state index in [2.05, 4.69) is 0 Å². The maximum absolute atomic E-state index is 10.8. The molecule has 1 aromatic carbocycles. The first-order chi connectivity index (χ1) is 7.91. The molecule has 0 aliphatic rings. The summed E-state index contributed by atoms with van der Waals surface area (Å²) in [5.41, 5.74) is 0.652. The highest BCUT2D eigenvalue weighted by atomic mass is 35.5. The van der Waals surface area contributed by atoms with Crippen molar-refractivity contribution in [2.24, 2.45) is 0 Å². The molecule has 0 spiro atoms. The summed E-state index contributed by atoms with van der Waals surface area (Å²) in [6, 6.07) is 4.64. The highest BCUT2D eigenvalue weighted by Crippen LogP contribution is 2.28. The van der Waals surface area contributed by atoms with Gasteiger partial charge < -0.3 is 5.11 Å². The topological polar surface area (TPSA) is 63.4 Å². The maximum atomic E-state index is 10.8. The molecule has 0 heterocycles. The van der Waals surface area contributed by atoms with Crippen LogP contribution in [0.4, 0.5) is 5.69 Å². The zero-order valence-corrected chi connectivity index (χ0v) is 11.2. The van der Waals surface area contributed by atoms with Crippen LogP contribution in [0.3, 0.4) is 0 Å². The fourth-order valence-corrected chi connectivity index (χ4v) is 2.32. The molecule has 1 N–H and O–H groups in total. The number of halogens is 1. The molecule has 0 amide bonds. The lowest BCUT2D eigenvalue weighted by Crippen LogP contribution is -2.15. The van der Waals surface area contributed by atoms with E-state index in [0.29, 0.717) is 16.3 Å². The van der Waals surface area contributed by atoms with Crippen molar-refractivity contribution in [1.82, 2.24) is 0 Å². The lowest BCUT2D eigenvalue weighted by Gasteiger charge is -2.13. The first-order valence-corrected chi connectivity index (χ1v) is 6.57. The predicted octanol–water partition coefficient (Wildman–Crippen LogP) is 3.25. The number of nitro benzene ring substituents is 1. The minimum absolute atomic E-state index is 0.0304. The molecule has 94 valence electrons. The van der Waals surface area contributed by atoms with Crippen LogP contribution in [-0.2, 0) is 5.75 Å². The van der Waals surface area contributed by atoms with Crippen LogP contribution in [0.25, 0.3) is 0 Å². The van der Waals surface area contributed by atoms with Gasteiger partial charge in [0.15, 0.2) is 0 Å². The van der Waals surface area contributed by atoms with E-state index in [4.69, 9.17) is 11.6 Å². The molecule has 0 bridgehead atoms. The fraction of sp³-hybridized carbons (Fsp3) is 0.455. The molecule has 17 heavy (non-hydrogen) atoms. The Bertz CT molecular complexity index is 412. The number of thioether (sulfide) groups is 1. The van der Waals surface area contributed by atoms with E-state index in [0.717, 1.165) is 0 Å². The number of aliphatic hydroxyl groups excluding tert-OH is 1. The summed E-state index contributed by atoms with van der Waals surface area (Å²) < 4.78 is 0. The lowest BCUT2D eigenvalue weighted by molar-refractivity contribution is -0.385. The van der Waals surface area contributed by atoms with Crippen molar-refractivity contribution in [3.05, 3.63) is 38.9 Å².